The van der Waals surface area contributed by atoms with Gasteiger partial charge in [0.05, 0.1) is 22.2 Å². The number of nitro groups is 1. The van der Waals surface area contributed by atoms with E-state index in [1.165, 1.54) is 18.2 Å². The fourth-order valence-electron chi connectivity index (χ4n) is 2.41. The smallest absolute Gasteiger partial charge is 0.271 e. The number of nitrogens with one attached hydrogen (secondary N) is 2. The van der Waals surface area contributed by atoms with Crippen LogP contribution in [0.5, 0.6) is 0 Å². The Balaban J connectivity index is 2.10. The number of hydrogen-bond donors (Lipinski definition) is 2. The number of non-ortho nitro benzene ring substituents is 1. The number of aromatic amines is 1. The molecule has 8 nitrogen and oxygen atoms in total. The summed E-state index contributed by atoms with van der Waals surface area (Å²) >= 11 is 0. The van der Waals surface area contributed by atoms with E-state index in [0.717, 1.165) is 6.26 Å². The number of benzene rings is 2. The van der Waals surface area contributed by atoms with Crippen LogP contribution in [0.25, 0.3) is 11.0 Å². The zero-order valence-electron chi connectivity index (χ0n) is 12.6. The highest BCUT2D eigenvalue weighted by Gasteiger charge is 2.22. The molecule has 0 saturated heterocycles. The molecule has 2 N–H and O–H groups in total. The molecule has 1 heterocycles. The Morgan fingerprint density at radius 3 is 2.54 bits per heavy atom. The van der Waals surface area contributed by atoms with Gasteiger partial charge in [-0.15, -0.1) is 0 Å². The van der Waals surface area contributed by atoms with Crippen molar-refractivity contribution in [1.29, 1.82) is 0 Å². The topological polar surface area (TPSA) is 118 Å². The first-order valence-electron chi connectivity index (χ1n) is 7.00. The summed E-state index contributed by atoms with van der Waals surface area (Å²) in [7, 11) is -3.50. The van der Waals surface area contributed by atoms with Gasteiger partial charge in [-0.05, 0) is 11.6 Å². The van der Waals surface area contributed by atoms with Crippen molar-refractivity contribution < 1.29 is 13.3 Å². The number of aromatic nitrogens is 2. The summed E-state index contributed by atoms with van der Waals surface area (Å²) in [6.07, 6.45) is 1.07. The molecule has 1 aromatic heterocycles. The minimum atomic E-state index is -3.50. The summed E-state index contributed by atoms with van der Waals surface area (Å²) in [5, 5.41) is 10.9. The van der Waals surface area contributed by atoms with Crippen molar-refractivity contribution in [3.8, 4) is 0 Å². The predicted octanol–water partition coefficient (Wildman–Crippen LogP) is 2.11. The van der Waals surface area contributed by atoms with Gasteiger partial charge in [0.1, 0.15) is 11.9 Å². The Morgan fingerprint density at radius 2 is 1.92 bits per heavy atom. The fraction of sp³-hybridized carbons (Fsp3) is 0.133. The van der Waals surface area contributed by atoms with Crippen molar-refractivity contribution in [3.05, 3.63) is 70.0 Å². The van der Waals surface area contributed by atoms with Gasteiger partial charge in [0.15, 0.2) is 0 Å². The quantitative estimate of drug-likeness (QED) is 0.542. The molecule has 0 aliphatic rings. The van der Waals surface area contributed by atoms with Crippen molar-refractivity contribution in [2.24, 2.45) is 0 Å². The lowest BCUT2D eigenvalue weighted by molar-refractivity contribution is -0.384. The van der Waals surface area contributed by atoms with Crippen LogP contribution in [0.1, 0.15) is 17.4 Å². The van der Waals surface area contributed by atoms with E-state index in [9.17, 15) is 18.5 Å². The molecule has 9 heteroatoms. The van der Waals surface area contributed by atoms with Gasteiger partial charge in [0.25, 0.3) is 5.69 Å². The summed E-state index contributed by atoms with van der Waals surface area (Å²) in [4.78, 5) is 17.7. The van der Waals surface area contributed by atoms with Gasteiger partial charge in [-0.3, -0.25) is 10.1 Å². The second kappa shape index (κ2) is 6.02. The summed E-state index contributed by atoms with van der Waals surface area (Å²) < 4.78 is 25.9. The highest BCUT2D eigenvalue weighted by Crippen LogP contribution is 2.25. The van der Waals surface area contributed by atoms with Crippen molar-refractivity contribution in [2.45, 2.75) is 6.04 Å². The summed E-state index contributed by atoms with van der Waals surface area (Å²) in [6, 6.07) is 12.5. The monoisotopic (exact) mass is 346 g/mol. The van der Waals surface area contributed by atoms with Crippen LogP contribution in [0.2, 0.25) is 0 Å². The normalized spacial score (nSPS) is 13.0. The van der Waals surface area contributed by atoms with Crippen molar-refractivity contribution in [2.75, 3.05) is 6.26 Å². The number of rotatable bonds is 5. The maximum Gasteiger partial charge on any atom is 0.271 e. The highest BCUT2D eigenvalue weighted by molar-refractivity contribution is 7.88. The first-order chi connectivity index (χ1) is 11.3. The molecule has 1 atom stereocenters. The van der Waals surface area contributed by atoms with Crippen LogP contribution in [-0.4, -0.2) is 29.6 Å². The predicted molar refractivity (Wildman–Crippen MR) is 89.0 cm³/mol. The number of nitrogens with zero attached hydrogens (tertiary/aromatic N) is 2. The van der Waals surface area contributed by atoms with Crippen LogP contribution in [-0.2, 0) is 10.0 Å². The minimum Gasteiger partial charge on any atom is -0.340 e. The third-order valence-electron chi connectivity index (χ3n) is 3.43. The summed E-state index contributed by atoms with van der Waals surface area (Å²) in [5.74, 6) is 0.363. The van der Waals surface area contributed by atoms with Crippen LogP contribution >= 0.6 is 0 Å². The van der Waals surface area contributed by atoms with E-state index in [1.54, 1.807) is 24.3 Å². The summed E-state index contributed by atoms with van der Waals surface area (Å²) in [6.45, 7) is 0. The molecule has 0 spiro atoms. The third-order valence-corrected chi connectivity index (χ3v) is 4.10. The Morgan fingerprint density at radius 1 is 1.21 bits per heavy atom. The number of imidazole rings is 1. The van der Waals surface area contributed by atoms with Gasteiger partial charge in [-0.1, -0.05) is 30.3 Å². The lowest BCUT2D eigenvalue weighted by Crippen LogP contribution is -2.29. The number of fused-ring (bicyclic) bond motifs is 1. The van der Waals surface area contributed by atoms with E-state index in [2.05, 4.69) is 14.7 Å². The Kier molecular flexibility index (Phi) is 4.04. The fourth-order valence-corrected chi connectivity index (χ4v) is 3.08. The van der Waals surface area contributed by atoms with Crippen LogP contribution in [0, 0.1) is 10.1 Å². The zero-order valence-corrected chi connectivity index (χ0v) is 13.4. The van der Waals surface area contributed by atoms with E-state index in [-0.39, 0.29) is 5.69 Å². The molecule has 0 bridgehead atoms. The van der Waals surface area contributed by atoms with Crippen LogP contribution < -0.4 is 4.72 Å². The average Bonchev–Trinajstić information content (AvgIpc) is 2.95. The van der Waals surface area contributed by atoms with Gasteiger partial charge in [0, 0.05) is 12.1 Å². The standard InChI is InChI=1S/C15H14N4O4S/c1-24(22,23)18-14(10-5-3-2-4-6-10)15-16-12-8-7-11(19(20)21)9-13(12)17-15/h2-9,14,18H,1H3,(H,16,17). The first kappa shape index (κ1) is 16.1. The molecule has 0 aliphatic heterocycles. The second-order valence-corrected chi connectivity index (χ2v) is 7.09. The SMILES string of the molecule is CS(=O)(=O)NC(c1ccccc1)c1nc2ccc([N+](=O)[O-])cc2[nH]1. The van der Waals surface area contributed by atoms with Crippen LogP contribution in [0.4, 0.5) is 5.69 Å². The Bertz CT molecular complexity index is 999. The molecule has 0 radical (unpaired) electrons. The lowest BCUT2D eigenvalue weighted by Gasteiger charge is -2.15. The first-order valence-corrected chi connectivity index (χ1v) is 8.89. The van der Waals surface area contributed by atoms with Crippen LogP contribution in [0.3, 0.4) is 0 Å². The number of hydrogen-bond acceptors (Lipinski definition) is 5. The summed E-state index contributed by atoms with van der Waals surface area (Å²) in [5.41, 5.74) is 1.63. The van der Waals surface area contributed by atoms with Crippen molar-refractivity contribution in [1.82, 2.24) is 14.7 Å². The van der Waals surface area contributed by atoms with Gasteiger partial charge in [0.2, 0.25) is 10.0 Å². The molecule has 3 aromatic rings. The van der Waals surface area contributed by atoms with Crippen LogP contribution in [0.15, 0.2) is 48.5 Å². The highest BCUT2D eigenvalue weighted by atomic mass is 32.2. The number of H-pyrrole nitrogens is 1. The van der Waals surface area contributed by atoms with Crippen molar-refractivity contribution >= 4 is 26.7 Å². The van der Waals surface area contributed by atoms with Gasteiger partial charge >= 0.3 is 0 Å². The molecule has 0 aliphatic carbocycles. The molecule has 24 heavy (non-hydrogen) atoms. The number of sulfonamides is 1. The largest absolute Gasteiger partial charge is 0.340 e. The molecule has 0 saturated carbocycles. The molecule has 124 valence electrons. The zero-order chi connectivity index (χ0) is 17.3. The Labute approximate surface area is 137 Å². The average molecular weight is 346 g/mol. The van der Waals surface area contributed by atoms with E-state index in [4.69, 9.17) is 0 Å². The second-order valence-electron chi connectivity index (χ2n) is 5.31. The Hall–Kier alpha value is -2.78. The van der Waals surface area contributed by atoms with E-state index in [0.29, 0.717) is 22.4 Å². The van der Waals surface area contributed by atoms with Crippen molar-refractivity contribution in [3.63, 3.8) is 0 Å². The number of nitro benzene ring substituents is 1. The van der Waals surface area contributed by atoms with E-state index in [1.807, 2.05) is 6.07 Å². The third kappa shape index (κ3) is 3.42. The molecular weight excluding hydrogens is 332 g/mol. The van der Waals surface area contributed by atoms with E-state index >= 15 is 0 Å². The minimum absolute atomic E-state index is 0.0648. The molecule has 2 aromatic carbocycles. The van der Waals surface area contributed by atoms with E-state index < -0.39 is 21.0 Å². The van der Waals surface area contributed by atoms with Gasteiger partial charge < -0.3 is 4.98 Å². The van der Waals surface area contributed by atoms with Gasteiger partial charge in [-0.2, -0.15) is 0 Å². The molecule has 1 unspecified atom stereocenters. The molecule has 3 rings (SSSR count). The molecular formula is C15H14N4O4S. The molecule has 0 fully saturated rings. The van der Waals surface area contributed by atoms with Gasteiger partial charge in [-0.25, -0.2) is 18.1 Å². The maximum atomic E-state index is 11.7. The lowest BCUT2D eigenvalue weighted by atomic mass is 10.1. The maximum absolute atomic E-state index is 11.7. The molecule has 0 amide bonds.